The second-order valence-electron chi connectivity index (χ2n) is 5.92. The summed E-state index contributed by atoms with van der Waals surface area (Å²) in [6, 6.07) is 7.52. The van der Waals surface area contributed by atoms with Crippen LogP contribution in [0, 0.1) is 0 Å². The summed E-state index contributed by atoms with van der Waals surface area (Å²) in [5.41, 5.74) is 1.86. The van der Waals surface area contributed by atoms with E-state index >= 15 is 0 Å². The third-order valence-electron chi connectivity index (χ3n) is 4.16. The largest absolute Gasteiger partial charge is 0.471 e. The van der Waals surface area contributed by atoms with Gasteiger partial charge in [-0.15, -0.1) is 0 Å². The average Bonchev–Trinajstić information content (AvgIpc) is 2.68. The highest BCUT2D eigenvalue weighted by molar-refractivity contribution is 5.93. The molecule has 7 heteroatoms. The van der Waals surface area contributed by atoms with E-state index in [-0.39, 0.29) is 12.0 Å². The molecule has 2 aromatic heterocycles. The second-order valence-corrected chi connectivity index (χ2v) is 5.92. The van der Waals surface area contributed by atoms with E-state index in [1.165, 1.54) is 6.20 Å². The molecule has 25 heavy (non-hydrogen) atoms. The van der Waals surface area contributed by atoms with E-state index in [2.05, 4.69) is 19.9 Å². The highest BCUT2D eigenvalue weighted by Crippen LogP contribution is 2.18. The molecular weight excluding hydrogens is 318 g/mol. The molecule has 126 valence electrons. The highest BCUT2D eigenvalue weighted by atomic mass is 16.5. The van der Waals surface area contributed by atoms with E-state index in [1.54, 1.807) is 23.5 Å². The van der Waals surface area contributed by atoms with E-state index in [1.807, 2.05) is 24.3 Å². The Hall–Kier alpha value is -3.09. The van der Waals surface area contributed by atoms with Crippen molar-refractivity contribution in [3.05, 3.63) is 54.7 Å². The molecule has 3 heterocycles. The zero-order chi connectivity index (χ0) is 17.1. The van der Waals surface area contributed by atoms with Gasteiger partial charge < -0.3 is 9.64 Å². The molecule has 0 bridgehead atoms. The number of piperidine rings is 1. The first-order chi connectivity index (χ1) is 12.3. The molecule has 1 fully saturated rings. The van der Waals surface area contributed by atoms with Crippen LogP contribution < -0.4 is 4.74 Å². The van der Waals surface area contributed by atoms with Crippen LogP contribution in [0.4, 0.5) is 0 Å². The number of ether oxygens (including phenoxy) is 1. The standard InChI is InChI=1S/C18H17N5O2/c24-18(16-10-21-14-5-1-2-6-15(14)22-16)23-9-3-4-13(12-23)25-17-11-19-7-8-20-17/h1-2,5-8,10-11,13H,3-4,9,12H2/t13-/m0/s1. The van der Waals surface area contributed by atoms with Crippen molar-refractivity contribution >= 4 is 16.9 Å². The van der Waals surface area contributed by atoms with Crippen molar-refractivity contribution in [2.45, 2.75) is 18.9 Å². The van der Waals surface area contributed by atoms with Crippen LogP contribution in [0.3, 0.4) is 0 Å². The van der Waals surface area contributed by atoms with E-state index in [4.69, 9.17) is 4.74 Å². The topological polar surface area (TPSA) is 81.1 Å². The minimum atomic E-state index is -0.120. The molecular formula is C18H17N5O2. The molecule has 4 rings (SSSR count). The van der Waals surface area contributed by atoms with Gasteiger partial charge in [0, 0.05) is 18.9 Å². The van der Waals surface area contributed by atoms with Crippen LogP contribution in [0.15, 0.2) is 49.1 Å². The Bertz CT molecular complexity index is 887. The smallest absolute Gasteiger partial charge is 0.274 e. The second kappa shape index (κ2) is 6.80. The van der Waals surface area contributed by atoms with Crippen LogP contribution >= 0.6 is 0 Å². The van der Waals surface area contributed by atoms with Gasteiger partial charge in [-0.3, -0.25) is 14.8 Å². The fourth-order valence-electron chi connectivity index (χ4n) is 2.96. The van der Waals surface area contributed by atoms with Gasteiger partial charge in [0.05, 0.1) is 30.0 Å². The zero-order valence-corrected chi connectivity index (χ0v) is 13.6. The lowest BCUT2D eigenvalue weighted by Crippen LogP contribution is -2.44. The Morgan fingerprint density at radius 1 is 1.12 bits per heavy atom. The summed E-state index contributed by atoms with van der Waals surface area (Å²) < 4.78 is 5.84. The monoisotopic (exact) mass is 335 g/mol. The molecule has 0 N–H and O–H groups in total. The number of amides is 1. The number of hydrogen-bond acceptors (Lipinski definition) is 6. The predicted octanol–water partition coefficient (Wildman–Crippen LogP) is 2.10. The van der Waals surface area contributed by atoms with Crippen molar-refractivity contribution in [3.8, 4) is 5.88 Å². The summed E-state index contributed by atoms with van der Waals surface area (Å²) >= 11 is 0. The third kappa shape index (κ3) is 3.40. The number of aromatic nitrogens is 4. The van der Waals surface area contributed by atoms with Crippen molar-refractivity contribution in [3.63, 3.8) is 0 Å². The maximum Gasteiger partial charge on any atom is 0.274 e. The summed E-state index contributed by atoms with van der Waals surface area (Å²) in [7, 11) is 0. The number of hydrogen-bond donors (Lipinski definition) is 0. The summed E-state index contributed by atoms with van der Waals surface area (Å²) in [5.74, 6) is 0.359. The summed E-state index contributed by atoms with van der Waals surface area (Å²) in [6.45, 7) is 1.19. The number of rotatable bonds is 3. The molecule has 1 aromatic carbocycles. The molecule has 3 aromatic rings. The number of para-hydroxylation sites is 2. The van der Waals surface area contributed by atoms with Gasteiger partial charge >= 0.3 is 0 Å². The third-order valence-corrected chi connectivity index (χ3v) is 4.16. The molecule has 1 amide bonds. The molecule has 0 spiro atoms. The number of benzene rings is 1. The van der Waals surface area contributed by atoms with Crippen molar-refractivity contribution in [1.82, 2.24) is 24.8 Å². The molecule has 0 radical (unpaired) electrons. The minimum absolute atomic E-state index is 0.0946. The van der Waals surface area contributed by atoms with Gasteiger partial charge in [0.1, 0.15) is 11.8 Å². The van der Waals surface area contributed by atoms with Crippen LogP contribution in [0.1, 0.15) is 23.3 Å². The average molecular weight is 335 g/mol. The Balaban J connectivity index is 1.49. The van der Waals surface area contributed by atoms with Crippen molar-refractivity contribution in [1.29, 1.82) is 0 Å². The Kier molecular flexibility index (Phi) is 4.20. The number of nitrogens with zero attached hydrogens (tertiary/aromatic N) is 5. The van der Waals surface area contributed by atoms with Crippen LogP contribution in [-0.4, -0.2) is 49.9 Å². The zero-order valence-electron chi connectivity index (χ0n) is 13.6. The Morgan fingerprint density at radius 3 is 2.84 bits per heavy atom. The molecule has 1 aliphatic rings. The van der Waals surface area contributed by atoms with E-state index in [0.717, 1.165) is 23.9 Å². The first-order valence-electron chi connectivity index (χ1n) is 8.23. The molecule has 0 saturated carbocycles. The summed E-state index contributed by atoms with van der Waals surface area (Å²) in [6.07, 6.45) is 7.96. The summed E-state index contributed by atoms with van der Waals surface area (Å²) in [4.78, 5) is 31.4. The van der Waals surface area contributed by atoms with Gasteiger partial charge in [0.2, 0.25) is 5.88 Å². The van der Waals surface area contributed by atoms with Gasteiger partial charge in [-0.2, -0.15) is 0 Å². The van der Waals surface area contributed by atoms with E-state index in [0.29, 0.717) is 24.7 Å². The summed E-state index contributed by atoms with van der Waals surface area (Å²) in [5, 5.41) is 0. The lowest BCUT2D eigenvalue weighted by Gasteiger charge is -2.32. The maximum atomic E-state index is 12.8. The fraction of sp³-hybridized carbons (Fsp3) is 0.278. The molecule has 7 nitrogen and oxygen atoms in total. The van der Waals surface area contributed by atoms with Crippen LogP contribution in [-0.2, 0) is 0 Å². The quantitative estimate of drug-likeness (QED) is 0.729. The molecule has 1 saturated heterocycles. The Labute approximate surface area is 144 Å². The van der Waals surface area contributed by atoms with Gasteiger partial charge in [0.15, 0.2) is 0 Å². The number of carbonyl (C=O) groups is 1. The van der Waals surface area contributed by atoms with E-state index in [9.17, 15) is 4.79 Å². The Morgan fingerprint density at radius 2 is 2.00 bits per heavy atom. The first kappa shape index (κ1) is 15.4. The normalized spacial score (nSPS) is 17.4. The minimum Gasteiger partial charge on any atom is -0.471 e. The predicted molar refractivity (Wildman–Crippen MR) is 91.1 cm³/mol. The fourth-order valence-corrected chi connectivity index (χ4v) is 2.96. The van der Waals surface area contributed by atoms with E-state index < -0.39 is 0 Å². The molecule has 1 atom stereocenters. The van der Waals surface area contributed by atoms with Crippen LogP contribution in [0.5, 0.6) is 5.88 Å². The molecule has 0 aliphatic carbocycles. The lowest BCUT2D eigenvalue weighted by atomic mass is 10.1. The number of carbonyl (C=O) groups excluding carboxylic acids is 1. The van der Waals surface area contributed by atoms with Gasteiger partial charge in [0.25, 0.3) is 5.91 Å². The van der Waals surface area contributed by atoms with Crippen molar-refractivity contribution < 1.29 is 9.53 Å². The highest BCUT2D eigenvalue weighted by Gasteiger charge is 2.27. The first-order valence-corrected chi connectivity index (χ1v) is 8.23. The van der Waals surface area contributed by atoms with Crippen LogP contribution in [0.2, 0.25) is 0 Å². The molecule has 1 aliphatic heterocycles. The molecule has 0 unspecified atom stereocenters. The maximum absolute atomic E-state index is 12.8. The number of fused-ring (bicyclic) bond motifs is 1. The van der Waals surface area contributed by atoms with Crippen molar-refractivity contribution in [2.24, 2.45) is 0 Å². The SMILES string of the molecule is O=C(c1cnc2ccccc2n1)N1CCC[C@H](Oc2cnccn2)C1. The lowest BCUT2D eigenvalue weighted by molar-refractivity contribution is 0.0521. The van der Waals surface area contributed by atoms with Crippen molar-refractivity contribution in [2.75, 3.05) is 13.1 Å². The van der Waals surface area contributed by atoms with Crippen LogP contribution in [0.25, 0.3) is 11.0 Å². The van der Waals surface area contributed by atoms with Gasteiger partial charge in [-0.05, 0) is 25.0 Å². The van der Waals surface area contributed by atoms with Gasteiger partial charge in [-0.1, -0.05) is 12.1 Å². The number of likely N-dealkylation sites (tertiary alicyclic amines) is 1. The van der Waals surface area contributed by atoms with Gasteiger partial charge in [-0.25, -0.2) is 9.97 Å².